The van der Waals surface area contributed by atoms with Crippen molar-refractivity contribution in [2.24, 2.45) is 5.92 Å². The fraction of sp³-hybridized carbons (Fsp3) is 0.303. The van der Waals surface area contributed by atoms with Crippen LogP contribution in [0, 0.1) is 19.8 Å². The molecule has 6 rings (SSSR count). The van der Waals surface area contributed by atoms with Gasteiger partial charge >= 0.3 is 5.97 Å². The third-order valence-electron chi connectivity index (χ3n) is 8.60. The third kappa shape index (κ3) is 5.03. The van der Waals surface area contributed by atoms with Crippen molar-refractivity contribution in [3.05, 3.63) is 106 Å². The lowest BCUT2D eigenvalue weighted by Crippen LogP contribution is -2.33. The Labute approximate surface area is 256 Å². The lowest BCUT2D eigenvalue weighted by Gasteiger charge is -2.33. The van der Waals surface area contributed by atoms with Gasteiger partial charge in [-0.25, -0.2) is 4.79 Å². The summed E-state index contributed by atoms with van der Waals surface area (Å²) < 4.78 is 2.02. The van der Waals surface area contributed by atoms with E-state index in [4.69, 9.17) is 23.8 Å². The summed E-state index contributed by atoms with van der Waals surface area (Å²) in [6.07, 6.45) is 4.11. The van der Waals surface area contributed by atoms with Gasteiger partial charge in [0, 0.05) is 36.4 Å². The zero-order valence-electron chi connectivity index (χ0n) is 23.9. The van der Waals surface area contributed by atoms with E-state index in [1.807, 2.05) is 54.8 Å². The molecule has 2 aliphatic heterocycles. The number of aryl methyl sites for hydroxylation is 1. The zero-order chi connectivity index (χ0) is 29.5. The summed E-state index contributed by atoms with van der Waals surface area (Å²) in [6.45, 7) is 8.33. The van der Waals surface area contributed by atoms with Gasteiger partial charge < -0.3 is 24.8 Å². The minimum absolute atomic E-state index is 0.232. The normalized spacial score (nSPS) is 19.3. The number of para-hydroxylation sites is 1. The van der Waals surface area contributed by atoms with Crippen molar-refractivity contribution in [2.45, 2.75) is 45.7 Å². The Bertz CT molecular complexity index is 1650. The first-order valence-electron chi connectivity index (χ1n) is 14.3. The van der Waals surface area contributed by atoms with Crippen molar-refractivity contribution >= 4 is 46.3 Å². The highest BCUT2D eigenvalue weighted by molar-refractivity contribution is 7.80. The van der Waals surface area contributed by atoms with Gasteiger partial charge in [0.05, 0.1) is 39.7 Å². The molecule has 0 bridgehead atoms. The van der Waals surface area contributed by atoms with Gasteiger partial charge in [-0.2, -0.15) is 0 Å². The molecular formula is C33H34ClN5O2S. The summed E-state index contributed by atoms with van der Waals surface area (Å²) in [5.74, 6) is -0.229. The number of hydrogen-bond donors (Lipinski definition) is 2. The van der Waals surface area contributed by atoms with E-state index >= 15 is 0 Å². The first kappa shape index (κ1) is 28.2. The molecule has 0 unspecified atom stereocenters. The molecule has 0 saturated carbocycles. The first-order valence-corrected chi connectivity index (χ1v) is 15.1. The summed E-state index contributed by atoms with van der Waals surface area (Å²) in [5, 5.41) is 14.7. The van der Waals surface area contributed by atoms with Crippen LogP contribution in [0.1, 0.15) is 64.9 Å². The molecule has 216 valence electrons. The number of thiocarbonyl (C=S) groups is 1. The number of hydrogen-bond acceptors (Lipinski definition) is 4. The number of aromatic carboxylic acids is 1. The summed E-state index contributed by atoms with van der Waals surface area (Å²) >= 11 is 12.9. The third-order valence-corrected chi connectivity index (χ3v) is 9.21. The van der Waals surface area contributed by atoms with Crippen LogP contribution in [0.2, 0.25) is 5.02 Å². The summed E-state index contributed by atoms with van der Waals surface area (Å²) in [6, 6.07) is 20.8. The number of piperidine rings is 1. The van der Waals surface area contributed by atoms with Crippen molar-refractivity contribution in [1.29, 1.82) is 0 Å². The quantitative estimate of drug-likeness (QED) is 0.226. The molecule has 4 aromatic rings. The van der Waals surface area contributed by atoms with Crippen LogP contribution in [0.25, 0.3) is 5.69 Å². The summed E-state index contributed by atoms with van der Waals surface area (Å²) in [7, 11) is 0. The maximum absolute atomic E-state index is 12.1. The van der Waals surface area contributed by atoms with E-state index < -0.39 is 5.97 Å². The van der Waals surface area contributed by atoms with Gasteiger partial charge in [-0.3, -0.25) is 4.98 Å². The van der Waals surface area contributed by atoms with Crippen LogP contribution in [0.15, 0.2) is 72.9 Å². The average molecular weight is 600 g/mol. The lowest BCUT2D eigenvalue weighted by molar-refractivity contribution is 0.0697. The standard InChI is InChI=1S/C33H34ClN5O2S/c1-20-13-16-37(17-14-20)29-12-11-23(19-26(29)34)39-31(30(36-33(39)42)27-9-6-7-15-35-27)25-18-21(2)38(22(25)3)28-10-5-4-8-24(28)32(40)41/h4-12,15,18-20,30-31H,13-14,16-17H2,1-3H3,(H,36,42)(H,40,41)/t30-,31-/m0/s1. The van der Waals surface area contributed by atoms with E-state index in [-0.39, 0.29) is 17.6 Å². The fourth-order valence-corrected chi connectivity index (χ4v) is 7.05. The Morgan fingerprint density at radius 1 is 1.02 bits per heavy atom. The molecular weight excluding hydrogens is 566 g/mol. The highest BCUT2D eigenvalue weighted by atomic mass is 35.5. The molecule has 2 fully saturated rings. The van der Waals surface area contributed by atoms with Gasteiger partial charge in [0.2, 0.25) is 0 Å². The topological polar surface area (TPSA) is 73.6 Å². The van der Waals surface area contributed by atoms with Crippen molar-refractivity contribution in [2.75, 3.05) is 22.9 Å². The molecule has 9 heteroatoms. The largest absolute Gasteiger partial charge is 0.478 e. The van der Waals surface area contributed by atoms with Crippen molar-refractivity contribution < 1.29 is 9.90 Å². The molecule has 7 nitrogen and oxygen atoms in total. The Balaban J connectivity index is 1.46. The van der Waals surface area contributed by atoms with Crippen LogP contribution in [0.5, 0.6) is 0 Å². The molecule has 0 spiro atoms. The van der Waals surface area contributed by atoms with Gasteiger partial charge in [-0.15, -0.1) is 0 Å². The SMILES string of the molecule is Cc1cc([C@H]2[C@H](c3ccccn3)NC(=S)N2c2ccc(N3CCC(C)CC3)c(Cl)c2)c(C)n1-c1ccccc1C(=O)O. The maximum Gasteiger partial charge on any atom is 0.337 e. The number of carboxylic acid groups (broad SMARTS) is 1. The van der Waals surface area contributed by atoms with Crippen molar-refractivity contribution in [3.8, 4) is 5.69 Å². The van der Waals surface area contributed by atoms with Crippen LogP contribution in [0.3, 0.4) is 0 Å². The zero-order valence-corrected chi connectivity index (χ0v) is 25.5. The number of carbonyl (C=O) groups is 1. The highest BCUT2D eigenvalue weighted by Gasteiger charge is 2.42. The van der Waals surface area contributed by atoms with E-state index in [9.17, 15) is 9.90 Å². The van der Waals surface area contributed by atoms with Gasteiger partial charge in [-0.05, 0) is 98.9 Å². The maximum atomic E-state index is 12.1. The minimum atomic E-state index is -0.964. The minimum Gasteiger partial charge on any atom is -0.478 e. The number of nitrogens with one attached hydrogen (secondary N) is 1. The molecule has 2 aromatic carbocycles. The monoisotopic (exact) mass is 599 g/mol. The molecule has 2 aliphatic rings. The molecule has 0 radical (unpaired) electrons. The smallest absolute Gasteiger partial charge is 0.337 e. The summed E-state index contributed by atoms with van der Waals surface area (Å²) in [4.78, 5) is 21.3. The Hall–Kier alpha value is -3.88. The van der Waals surface area contributed by atoms with Crippen molar-refractivity contribution in [3.63, 3.8) is 0 Å². The Kier molecular flexibility index (Phi) is 7.68. The van der Waals surface area contributed by atoms with Gasteiger partial charge in [-0.1, -0.05) is 36.7 Å². The van der Waals surface area contributed by atoms with Gasteiger partial charge in [0.1, 0.15) is 0 Å². The molecule has 42 heavy (non-hydrogen) atoms. The lowest BCUT2D eigenvalue weighted by atomic mass is 9.96. The number of benzene rings is 2. The predicted molar refractivity (Wildman–Crippen MR) is 172 cm³/mol. The van der Waals surface area contributed by atoms with E-state index in [2.05, 4.69) is 45.2 Å². The highest BCUT2D eigenvalue weighted by Crippen LogP contribution is 2.45. The van der Waals surface area contributed by atoms with Crippen LogP contribution in [-0.4, -0.2) is 38.8 Å². The molecule has 0 amide bonds. The first-order chi connectivity index (χ1) is 20.2. The van der Waals surface area contributed by atoms with Crippen LogP contribution >= 0.6 is 23.8 Å². The number of carboxylic acids is 1. The van der Waals surface area contributed by atoms with Crippen LogP contribution in [0.4, 0.5) is 11.4 Å². The fourth-order valence-electron chi connectivity index (χ4n) is 6.41. The van der Waals surface area contributed by atoms with E-state index in [1.165, 1.54) is 0 Å². The number of nitrogens with zero attached hydrogens (tertiary/aromatic N) is 4. The molecule has 2 N–H and O–H groups in total. The second-order valence-corrected chi connectivity index (χ2v) is 12.1. The van der Waals surface area contributed by atoms with Crippen molar-refractivity contribution in [1.82, 2.24) is 14.9 Å². The number of halogens is 1. The second-order valence-electron chi connectivity index (χ2n) is 11.3. The van der Waals surface area contributed by atoms with Crippen LogP contribution < -0.4 is 15.1 Å². The predicted octanol–water partition coefficient (Wildman–Crippen LogP) is 7.25. The number of anilines is 2. The summed E-state index contributed by atoms with van der Waals surface area (Å²) in [5.41, 5.74) is 6.59. The molecule has 2 atom stereocenters. The van der Waals surface area contributed by atoms with E-state index in [1.54, 1.807) is 18.3 Å². The van der Waals surface area contributed by atoms with E-state index in [0.717, 1.165) is 65.9 Å². The van der Waals surface area contributed by atoms with Crippen LogP contribution in [-0.2, 0) is 0 Å². The number of aromatic nitrogens is 2. The molecule has 2 aromatic heterocycles. The molecule has 0 aliphatic carbocycles. The average Bonchev–Trinajstić information content (AvgIpc) is 3.48. The Morgan fingerprint density at radius 3 is 2.45 bits per heavy atom. The van der Waals surface area contributed by atoms with Gasteiger partial charge in [0.15, 0.2) is 5.11 Å². The van der Waals surface area contributed by atoms with Gasteiger partial charge in [0.25, 0.3) is 0 Å². The number of pyridine rings is 1. The van der Waals surface area contributed by atoms with E-state index in [0.29, 0.717) is 15.8 Å². The Morgan fingerprint density at radius 2 is 1.76 bits per heavy atom. The second kappa shape index (κ2) is 11.4. The molecule has 2 saturated heterocycles. The molecule has 4 heterocycles. The number of rotatable bonds is 6.